The first-order valence-corrected chi connectivity index (χ1v) is 7.52. The van der Waals surface area contributed by atoms with E-state index in [4.69, 9.17) is 0 Å². The number of carbonyl (C=O) groups is 1. The Morgan fingerprint density at radius 1 is 0.944 bits per heavy atom. The second-order valence-corrected chi connectivity index (χ2v) is 5.55. The highest BCUT2D eigenvalue weighted by molar-refractivity contribution is 5.81. The van der Waals surface area contributed by atoms with E-state index in [1.807, 2.05) is 0 Å². The quantitative estimate of drug-likeness (QED) is 0.800. The molecular formula is C14H27N3O. The summed E-state index contributed by atoms with van der Waals surface area (Å²) in [6.07, 6.45) is 6.27. The van der Waals surface area contributed by atoms with Crippen molar-refractivity contribution in [3.05, 3.63) is 0 Å². The molecule has 0 aromatic rings. The third-order valence-electron chi connectivity index (χ3n) is 4.22. The van der Waals surface area contributed by atoms with Gasteiger partial charge in [-0.2, -0.15) is 0 Å². The Morgan fingerprint density at radius 3 is 2.11 bits per heavy atom. The molecule has 0 aromatic carbocycles. The van der Waals surface area contributed by atoms with Gasteiger partial charge in [-0.05, 0) is 19.8 Å². The van der Waals surface area contributed by atoms with Crippen LogP contribution in [0.2, 0.25) is 0 Å². The smallest absolute Gasteiger partial charge is 0.239 e. The van der Waals surface area contributed by atoms with E-state index in [0.717, 1.165) is 39.3 Å². The zero-order valence-corrected chi connectivity index (χ0v) is 11.7. The standard InChI is InChI=1S/C14H27N3O/c1-13(16-11-7-15-8-12-16)14(18)17-9-5-3-2-4-6-10-17/h13,15H,2-12H2,1H3. The summed E-state index contributed by atoms with van der Waals surface area (Å²) in [5.74, 6) is 0.346. The van der Waals surface area contributed by atoms with Gasteiger partial charge in [0.15, 0.2) is 0 Å². The average Bonchev–Trinajstić information content (AvgIpc) is 2.38. The van der Waals surface area contributed by atoms with Crippen molar-refractivity contribution in [1.82, 2.24) is 15.1 Å². The van der Waals surface area contributed by atoms with Gasteiger partial charge < -0.3 is 10.2 Å². The first kappa shape index (κ1) is 13.8. The van der Waals surface area contributed by atoms with Gasteiger partial charge in [-0.25, -0.2) is 0 Å². The molecule has 2 aliphatic rings. The molecule has 18 heavy (non-hydrogen) atoms. The Hall–Kier alpha value is -0.610. The molecule has 2 saturated heterocycles. The monoisotopic (exact) mass is 253 g/mol. The van der Waals surface area contributed by atoms with Crippen LogP contribution in [-0.2, 0) is 4.79 Å². The van der Waals surface area contributed by atoms with Crippen LogP contribution in [0.5, 0.6) is 0 Å². The molecule has 0 aliphatic carbocycles. The third-order valence-corrected chi connectivity index (χ3v) is 4.22. The lowest BCUT2D eigenvalue weighted by Crippen LogP contribution is -2.53. The first-order chi connectivity index (χ1) is 8.79. The predicted octanol–water partition coefficient (Wildman–Crippen LogP) is 1.07. The second-order valence-electron chi connectivity index (χ2n) is 5.55. The van der Waals surface area contributed by atoms with Gasteiger partial charge >= 0.3 is 0 Å². The van der Waals surface area contributed by atoms with Gasteiger partial charge in [-0.3, -0.25) is 9.69 Å². The SMILES string of the molecule is CC(C(=O)N1CCCCCCC1)N1CCNCC1. The first-order valence-electron chi connectivity index (χ1n) is 7.52. The van der Waals surface area contributed by atoms with Crippen LogP contribution in [0.4, 0.5) is 0 Å². The van der Waals surface area contributed by atoms with Crippen LogP contribution < -0.4 is 5.32 Å². The fourth-order valence-corrected chi connectivity index (χ4v) is 2.96. The Balaban J connectivity index is 1.87. The van der Waals surface area contributed by atoms with Crippen LogP contribution in [0, 0.1) is 0 Å². The van der Waals surface area contributed by atoms with Gasteiger partial charge in [0.1, 0.15) is 0 Å². The van der Waals surface area contributed by atoms with E-state index < -0.39 is 0 Å². The lowest BCUT2D eigenvalue weighted by molar-refractivity contribution is -0.137. The molecule has 0 bridgehead atoms. The Morgan fingerprint density at radius 2 is 1.50 bits per heavy atom. The molecule has 0 aromatic heterocycles. The molecule has 0 saturated carbocycles. The van der Waals surface area contributed by atoms with Gasteiger partial charge in [0.05, 0.1) is 6.04 Å². The molecule has 1 amide bonds. The molecular weight excluding hydrogens is 226 g/mol. The minimum Gasteiger partial charge on any atom is -0.341 e. The number of rotatable bonds is 2. The number of piperazine rings is 1. The maximum atomic E-state index is 12.5. The largest absolute Gasteiger partial charge is 0.341 e. The molecule has 2 fully saturated rings. The van der Waals surface area contributed by atoms with Crippen molar-refractivity contribution in [1.29, 1.82) is 0 Å². The van der Waals surface area contributed by atoms with Gasteiger partial charge in [0, 0.05) is 39.3 Å². The number of nitrogens with zero attached hydrogens (tertiary/aromatic N) is 2. The topological polar surface area (TPSA) is 35.6 Å². The van der Waals surface area contributed by atoms with Crippen molar-refractivity contribution in [3.63, 3.8) is 0 Å². The number of hydrogen-bond donors (Lipinski definition) is 1. The van der Waals surface area contributed by atoms with Gasteiger partial charge in [-0.15, -0.1) is 0 Å². The minimum atomic E-state index is 0.0616. The molecule has 1 unspecified atom stereocenters. The molecule has 2 heterocycles. The van der Waals surface area contributed by atoms with Gasteiger partial charge in [0.25, 0.3) is 0 Å². The van der Waals surface area contributed by atoms with E-state index in [1.165, 1.54) is 32.1 Å². The van der Waals surface area contributed by atoms with E-state index >= 15 is 0 Å². The number of nitrogens with one attached hydrogen (secondary N) is 1. The molecule has 0 spiro atoms. The lowest BCUT2D eigenvalue weighted by Gasteiger charge is -2.35. The van der Waals surface area contributed by atoms with Crippen molar-refractivity contribution in [2.45, 2.75) is 45.1 Å². The summed E-state index contributed by atoms with van der Waals surface area (Å²) in [7, 11) is 0. The Labute approximate surface area is 111 Å². The second kappa shape index (κ2) is 7.10. The van der Waals surface area contributed by atoms with Crippen LogP contribution >= 0.6 is 0 Å². The maximum Gasteiger partial charge on any atom is 0.239 e. The Kier molecular flexibility index (Phi) is 5.45. The van der Waals surface area contributed by atoms with E-state index in [-0.39, 0.29) is 6.04 Å². The van der Waals surface area contributed by atoms with E-state index in [2.05, 4.69) is 22.0 Å². The molecule has 104 valence electrons. The number of amides is 1. The van der Waals surface area contributed by atoms with Crippen LogP contribution in [0.15, 0.2) is 0 Å². The lowest BCUT2D eigenvalue weighted by atomic mass is 10.1. The summed E-state index contributed by atoms with van der Waals surface area (Å²) in [6.45, 7) is 8.04. The van der Waals surface area contributed by atoms with E-state index in [9.17, 15) is 4.79 Å². The molecule has 2 rings (SSSR count). The highest BCUT2D eigenvalue weighted by Gasteiger charge is 2.26. The fraction of sp³-hybridized carbons (Fsp3) is 0.929. The van der Waals surface area contributed by atoms with Crippen LogP contribution in [-0.4, -0.2) is 61.0 Å². The highest BCUT2D eigenvalue weighted by Crippen LogP contribution is 2.13. The zero-order chi connectivity index (χ0) is 12.8. The molecule has 0 radical (unpaired) electrons. The minimum absolute atomic E-state index is 0.0616. The number of likely N-dealkylation sites (tertiary alicyclic amines) is 1. The molecule has 1 atom stereocenters. The predicted molar refractivity (Wildman–Crippen MR) is 73.6 cm³/mol. The van der Waals surface area contributed by atoms with Crippen LogP contribution in [0.1, 0.15) is 39.0 Å². The summed E-state index contributed by atoms with van der Waals surface area (Å²) in [5, 5.41) is 3.34. The molecule has 2 aliphatic heterocycles. The van der Waals surface area contributed by atoms with E-state index in [1.54, 1.807) is 0 Å². The maximum absolute atomic E-state index is 12.5. The molecule has 1 N–H and O–H groups in total. The summed E-state index contributed by atoms with van der Waals surface area (Å²) < 4.78 is 0. The average molecular weight is 253 g/mol. The zero-order valence-electron chi connectivity index (χ0n) is 11.7. The van der Waals surface area contributed by atoms with Crippen molar-refractivity contribution < 1.29 is 4.79 Å². The number of hydrogen-bond acceptors (Lipinski definition) is 3. The number of carbonyl (C=O) groups excluding carboxylic acids is 1. The summed E-state index contributed by atoms with van der Waals surface area (Å²) in [5.41, 5.74) is 0. The van der Waals surface area contributed by atoms with Crippen molar-refractivity contribution in [3.8, 4) is 0 Å². The van der Waals surface area contributed by atoms with Crippen molar-refractivity contribution >= 4 is 5.91 Å². The summed E-state index contributed by atoms with van der Waals surface area (Å²) in [4.78, 5) is 16.9. The van der Waals surface area contributed by atoms with Gasteiger partial charge in [-0.1, -0.05) is 19.3 Å². The molecule has 4 heteroatoms. The third kappa shape index (κ3) is 3.69. The highest BCUT2D eigenvalue weighted by atomic mass is 16.2. The van der Waals surface area contributed by atoms with Crippen molar-refractivity contribution in [2.24, 2.45) is 0 Å². The van der Waals surface area contributed by atoms with E-state index in [0.29, 0.717) is 5.91 Å². The Bertz CT molecular complexity index is 252. The fourth-order valence-electron chi connectivity index (χ4n) is 2.96. The van der Waals surface area contributed by atoms with Crippen molar-refractivity contribution in [2.75, 3.05) is 39.3 Å². The van der Waals surface area contributed by atoms with Crippen LogP contribution in [0.25, 0.3) is 0 Å². The molecule has 4 nitrogen and oxygen atoms in total. The van der Waals surface area contributed by atoms with Crippen LogP contribution in [0.3, 0.4) is 0 Å². The summed E-state index contributed by atoms with van der Waals surface area (Å²) in [6, 6.07) is 0.0616. The summed E-state index contributed by atoms with van der Waals surface area (Å²) >= 11 is 0. The normalized spacial score (nSPS) is 25.3. The van der Waals surface area contributed by atoms with Gasteiger partial charge in [0.2, 0.25) is 5.91 Å².